The van der Waals surface area contributed by atoms with Crippen LogP contribution in [0.2, 0.25) is 0 Å². The monoisotopic (exact) mass is 408 g/mol. The Labute approximate surface area is 170 Å². The first kappa shape index (κ1) is 19.4. The zero-order valence-electron chi connectivity index (χ0n) is 16.8. The number of benzene rings is 2. The zero-order chi connectivity index (χ0) is 20.8. The molecule has 2 aromatic carbocycles. The lowest BCUT2D eigenvalue weighted by Crippen LogP contribution is -2.08. The number of hydrogen-bond acceptors (Lipinski definition) is 5. The molecule has 0 radical (unpaired) electrons. The molecular formula is C22H24N4O2S. The van der Waals surface area contributed by atoms with Gasteiger partial charge in [-0.1, -0.05) is 31.5 Å². The molecule has 150 valence electrons. The van der Waals surface area contributed by atoms with Gasteiger partial charge in [0.05, 0.1) is 15.9 Å². The van der Waals surface area contributed by atoms with E-state index < -0.39 is 9.84 Å². The van der Waals surface area contributed by atoms with E-state index in [-0.39, 0.29) is 15.6 Å². The number of hydrogen-bond donors (Lipinski definition) is 1. The molecule has 0 aliphatic rings. The summed E-state index contributed by atoms with van der Waals surface area (Å²) in [7, 11) is -3.86. The fraction of sp³-hybridized carbons (Fsp3) is 0.273. The molecule has 0 spiro atoms. The van der Waals surface area contributed by atoms with Gasteiger partial charge in [0.1, 0.15) is 16.2 Å². The van der Waals surface area contributed by atoms with Crippen LogP contribution in [-0.4, -0.2) is 23.0 Å². The van der Waals surface area contributed by atoms with E-state index in [1.54, 1.807) is 16.7 Å². The number of para-hydroxylation sites is 2. The van der Waals surface area contributed by atoms with Crippen LogP contribution < -0.4 is 5.73 Å². The molecule has 2 aromatic heterocycles. The zero-order valence-corrected chi connectivity index (χ0v) is 17.6. The standard InChI is InChI=1S/C22H24N4O2S/c1-4-5-12-26-21(23)20(29(27,28)16-11-10-14(2)15(3)13-16)19-22(26)25-18-9-7-6-8-17(18)24-19/h6-11,13H,4-5,12,23H2,1-3H3. The van der Waals surface area contributed by atoms with Gasteiger partial charge in [0.15, 0.2) is 5.65 Å². The van der Waals surface area contributed by atoms with Crippen molar-refractivity contribution in [2.75, 3.05) is 5.73 Å². The molecule has 4 aromatic rings. The molecule has 0 aliphatic carbocycles. The number of rotatable bonds is 5. The quantitative estimate of drug-likeness (QED) is 0.528. The van der Waals surface area contributed by atoms with Crippen LogP contribution in [0.1, 0.15) is 30.9 Å². The van der Waals surface area contributed by atoms with Gasteiger partial charge in [-0.3, -0.25) is 0 Å². The highest BCUT2D eigenvalue weighted by molar-refractivity contribution is 7.92. The van der Waals surface area contributed by atoms with Gasteiger partial charge in [0, 0.05) is 6.54 Å². The summed E-state index contributed by atoms with van der Waals surface area (Å²) in [5, 5.41) is 0. The summed E-state index contributed by atoms with van der Waals surface area (Å²) in [6.07, 6.45) is 1.82. The van der Waals surface area contributed by atoms with Crippen molar-refractivity contribution in [1.29, 1.82) is 0 Å². The minimum atomic E-state index is -3.86. The van der Waals surface area contributed by atoms with Crippen molar-refractivity contribution in [3.8, 4) is 0 Å². The van der Waals surface area contributed by atoms with Crippen LogP contribution in [0.15, 0.2) is 52.3 Å². The van der Waals surface area contributed by atoms with E-state index >= 15 is 0 Å². The lowest BCUT2D eigenvalue weighted by molar-refractivity contribution is 0.596. The van der Waals surface area contributed by atoms with Gasteiger partial charge in [-0.2, -0.15) is 0 Å². The van der Waals surface area contributed by atoms with Crippen LogP contribution in [-0.2, 0) is 16.4 Å². The summed E-state index contributed by atoms with van der Waals surface area (Å²) in [6.45, 7) is 6.52. The average molecular weight is 409 g/mol. The van der Waals surface area contributed by atoms with Gasteiger partial charge >= 0.3 is 0 Å². The van der Waals surface area contributed by atoms with Crippen molar-refractivity contribution in [1.82, 2.24) is 14.5 Å². The fourth-order valence-corrected chi connectivity index (χ4v) is 5.09. The van der Waals surface area contributed by atoms with E-state index in [2.05, 4.69) is 11.9 Å². The van der Waals surface area contributed by atoms with E-state index in [0.717, 1.165) is 24.0 Å². The minimum absolute atomic E-state index is 0.0464. The molecule has 7 heteroatoms. The molecule has 0 aliphatic heterocycles. The molecule has 0 atom stereocenters. The van der Waals surface area contributed by atoms with Gasteiger partial charge in [-0.25, -0.2) is 18.4 Å². The molecule has 2 N–H and O–H groups in total. The number of sulfone groups is 1. The summed E-state index contributed by atoms with van der Waals surface area (Å²) >= 11 is 0. The van der Waals surface area contributed by atoms with Crippen LogP contribution in [0.4, 0.5) is 5.82 Å². The van der Waals surface area contributed by atoms with Crippen molar-refractivity contribution in [2.24, 2.45) is 0 Å². The fourth-order valence-electron chi connectivity index (χ4n) is 3.50. The predicted molar refractivity (Wildman–Crippen MR) is 116 cm³/mol. The summed E-state index contributed by atoms with van der Waals surface area (Å²) in [4.78, 5) is 9.63. The van der Waals surface area contributed by atoms with Crippen LogP contribution in [0, 0.1) is 13.8 Å². The maximum atomic E-state index is 13.6. The van der Waals surface area contributed by atoms with Crippen LogP contribution in [0.25, 0.3) is 22.2 Å². The van der Waals surface area contributed by atoms with Crippen molar-refractivity contribution in [2.45, 2.75) is 49.9 Å². The molecule has 0 saturated heterocycles. The lowest BCUT2D eigenvalue weighted by atomic mass is 10.1. The number of fused-ring (bicyclic) bond motifs is 2. The summed E-state index contributed by atoms with van der Waals surface area (Å²) in [5.74, 6) is 0.196. The second kappa shape index (κ2) is 7.15. The van der Waals surface area contributed by atoms with Gasteiger partial charge in [0.2, 0.25) is 9.84 Å². The number of aromatic nitrogens is 3. The Morgan fingerprint density at radius 1 is 1.00 bits per heavy atom. The van der Waals surface area contributed by atoms with E-state index in [9.17, 15) is 8.42 Å². The molecule has 0 bridgehead atoms. The Morgan fingerprint density at radius 2 is 1.69 bits per heavy atom. The molecule has 0 unspecified atom stereocenters. The lowest BCUT2D eigenvalue weighted by Gasteiger charge is -2.08. The second-order valence-electron chi connectivity index (χ2n) is 7.35. The number of nitrogens with two attached hydrogens (primary N) is 1. The van der Waals surface area contributed by atoms with Crippen LogP contribution in [0.3, 0.4) is 0 Å². The average Bonchev–Trinajstić information content (AvgIpc) is 2.97. The molecule has 2 heterocycles. The Morgan fingerprint density at radius 3 is 2.34 bits per heavy atom. The van der Waals surface area contributed by atoms with Crippen molar-refractivity contribution in [3.63, 3.8) is 0 Å². The van der Waals surface area contributed by atoms with Crippen LogP contribution >= 0.6 is 0 Å². The minimum Gasteiger partial charge on any atom is -0.384 e. The highest BCUT2D eigenvalue weighted by atomic mass is 32.2. The molecule has 0 saturated carbocycles. The third-order valence-corrected chi connectivity index (χ3v) is 7.15. The van der Waals surface area contributed by atoms with Crippen molar-refractivity contribution in [3.05, 3.63) is 53.6 Å². The normalized spacial score (nSPS) is 12.1. The first-order chi connectivity index (χ1) is 13.8. The number of nitrogen functional groups attached to an aromatic ring is 1. The Balaban J connectivity index is 2.05. The van der Waals surface area contributed by atoms with E-state index in [1.165, 1.54) is 0 Å². The predicted octanol–water partition coefficient (Wildman–Crippen LogP) is 4.42. The van der Waals surface area contributed by atoms with E-state index in [4.69, 9.17) is 10.7 Å². The first-order valence-electron chi connectivity index (χ1n) is 9.71. The summed E-state index contributed by atoms with van der Waals surface area (Å²) in [6, 6.07) is 12.6. The highest BCUT2D eigenvalue weighted by Gasteiger charge is 2.30. The molecule has 4 rings (SSSR count). The molecular weight excluding hydrogens is 384 g/mol. The van der Waals surface area contributed by atoms with Crippen molar-refractivity contribution >= 4 is 37.9 Å². The second-order valence-corrected chi connectivity index (χ2v) is 9.24. The molecule has 0 amide bonds. The molecule has 6 nitrogen and oxygen atoms in total. The third-order valence-electron chi connectivity index (χ3n) is 5.34. The Bertz CT molecular complexity index is 1340. The van der Waals surface area contributed by atoms with E-state index in [0.29, 0.717) is 28.7 Å². The van der Waals surface area contributed by atoms with E-state index in [1.807, 2.05) is 44.2 Å². The number of unbranched alkanes of at least 4 members (excludes halogenated alkanes) is 1. The van der Waals surface area contributed by atoms with Gasteiger partial charge < -0.3 is 10.3 Å². The Hall–Kier alpha value is -2.93. The highest BCUT2D eigenvalue weighted by Crippen LogP contribution is 2.35. The van der Waals surface area contributed by atoms with Crippen LogP contribution in [0.5, 0.6) is 0 Å². The van der Waals surface area contributed by atoms with Crippen molar-refractivity contribution < 1.29 is 8.42 Å². The number of anilines is 1. The summed E-state index contributed by atoms with van der Waals surface area (Å²) in [5.41, 5.74) is 10.6. The Kier molecular flexibility index (Phi) is 4.78. The molecule has 0 fully saturated rings. The first-order valence-corrected chi connectivity index (χ1v) is 11.2. The SMILES string of the molecule is CCCCn1c(N)c(S(=O)(=O)c2ccc(C)c(C)c2)c2nc3ccccc3nc21. The number of nitrogens with zero attached hydrogens (tertiary/aromatic N) is 3. The number of aryl methyl sites for hydroxylation is 3. The summed E-state index contributed by atoms with van der Waals surface area (Å²) < 4.78 is 29.0. The maximum Gasteiger partial charge on any atom is 0.212 e. The van der Waals surface area contributed by atoms with Gasteiger partial charge in [0.25, 0.3) is 0 Å². The van der Waals surface area contributed by atoms with Gasteiger partial charge in [-0.05, 0) is 55.7 Å². The smallest absolute Gasteiger partial charge is 0.212 e. The maximum absolute atomic E-state index is 13.6. The topological polar surface area (TPSA) is 90.9 Å². The third kappa shape index (κ3) is 3.15. The molecule has 29 heavy (non-hydrogen) atoms. The van der Waals surface area contributed by atoms with Gasteiger partial charge in [-0.15, -0.1) is 0 Å². The largest absolute Gasteiger partial charge is 0.384 e.